The van der Waals surface area contributed by atoms with Gasteiger partial charge in [0.2, 0.25) is 5.91 Å². The van der Waals surface area contributed by atoms with Gasteiger partial charge in [-0.2, -0.15) is 0 Å². The van der Waals surface area contributed by atoms with Crippen LogP contribution in [-0.4, -0.2) is 24.6 Å². The Hall–Kier alpha value is -3.16. The molecule has 124 valence electrons. The van der Waals surface area contributed by atoms with E-state index in [1.165, 1.54) is 29.6 Å². The Labute approximate surface area is 137 Å². The van der Waals surface area contributed by atoms with Crippen molar-refractivity contribution in [2.75, 3.05) is 0 Å². The number of hydrogen-bond donors (Lipinski definition) is 1. The molecule has 1 N–H and O–H groups in total. The van der Waals surface area contributed by atoms with Crippen molar-refractivity contribution < 1.29 is 4.79 Å². The lowest BCUT2D eigenvalue weighted by molar-refractivity contribution is -0.121. The maximum atomic E-state index is 12.3. The third kappa shape index (κ3) is 2.73. The number of carbonyl (C=O) groups is 1. The van der Waals surface area contributed by atoms with Gasteiger partial charge in [0.25, 0.3) is 5.56 Å². The SMILES string of the molecule is Cn1c(=O)c2c(ncn2CC(=O)NCc2ccccc2)n(C)c1=O. The molecule has 0 aliphatic heterocycles. The van der Waals surface area contributed by atoms with Gasteiger partial charge in [-0.15, -0.1) is 0 Å². The molecule has 0 spiro atoms. The maximum Gasteiger partial charge on any atom is 0.332 e. The van der Waals surface area contributed by atoms with Gasteiger partial charge < -0.3 is 9.88 Å². The molecule has 3 rings (SSSR count). The zero-order valence-corrected chi connectivity index (χ0v) is 13.4. The lowest BCUT2D eigenvalue weighted by atomic mass is 10.2. The number of carbonyl (C=O) groups excluding carboxylic acids is 1. The van der Waals surface area contributed by atoms with E-state index in [1.807, 2.05) is 30.3 Å². The highest BCUT2D eigenvalue weighted by Gasteiger charge is 2.15. The first-order chi connectivity index (χ1) is 11.5. The molecule has 2 aromatic heterocycles. The van der Waals surface area contributed by atoms with Crippen molar-refractivity contribution in [1.29, 1.82) is 0 Å². The van der Waals surface area contributed by atoms with Crippen LogP contribution in [0.1, 0.15) is 5.56 Å². The smallest absolute Gasteiger partial charge is 0.332 e. The van der Waals surface area contributed by atoms with Crippen LogP contribution in [-0.2, 0) is 32.0 Å². The van der Waals surface area contributed by atoms with E-state index in [-0.39, 0.29) is 23.6 Å². The molecule has 0 bridgehead atoms. The highest BCUT2D eigenvalue weighted by Crippen LogP contribution is 2.05. The summed E-state index contributed by atoms with van der Waals surface area (Å²) >= 11 is 0. The molecule has 0 aliphatic rings. The Kier molecular flexibility index (Phi) is 4.03. The molecule has 8 heteroatoms. The zero-order chi connectivity index (χ0) is 17.3. The molecule has 1 aromatic carbocycles. The summed E-state index contributed by atoms with van der Waals surface area (Å²) < 4.78 is 3.74. The third-order valence-corrected chi connectivity index (χ3v) is 3.86. The standard InChI is InChI=1S/C16H17N5O3/c1-19-14-13(15(23)20(2)16(19)24)21(10-18-14)9-12(22)17-8-11-6-4-3-5-7-11/h3-7,10H,8-9H2,1-2H3,(H,17,22). The highest BCUT2D eigenvalue weighted by atomic mass is 16.2. The second-order valence-electron chi connectivity index (χ2n) is 5.51. The summed E-state index contributed by atoms with van der Waals surface area (Å²) in [4.78, 5) is 40.4. The van der Waals surface area contributed by atoms with E-state index < -0.39 is 11.2 Å². The van der Waals surface area contributed by atoms with E-state index in [4.69, 9.17) is 0 Å². The van der Waals surface area contributed by atoms with Crippen molar-refractivity contribution in [3.8, 4) is 0 Å². The topological polar surface area (TPSA) is 90.9 Å². The molecule has 0 saturated carbocycles. The minimum Gasteiger partial charge on any atom is -0.350 e. The minimum atomic E-state index is -0.471. The molecule has 3 aromatic rings. The molecule has 0 atom stereocenters. The van der Waals surface area contributed by atoms with E-state index in [9.17, 15) is 14.4 Å². The number of aryl methyl sites for hydroxylation is 1. The highest BCUT2D eigenvalue weighted by molar-refractivity contribution is 5.78. The first-order valence-corrected chi connectivity index (χ1v) is 7.40. The Balaban J connectivity index is 1.84. The van der Waals surface area contributed by atoms with Gasteiger partial charge in [0.15, 0.2) is 11.2 Å². The summed E-state index contributed by atoms with van der Waals surface area (Å²) in [5, 5.41) is 2.80. The van der Waals surface area contributed by atoms with Crippen LogP contribution in [0.3, 0.4) is 0 Å². The molecule has 0 aliphatic carbocycles. The lowest BCUT2D eigenvalue weighted by Crippen LogP contribution is -2.38. The Morgan fingerprint density at radius 3 is 2.54 bits per heavy atom. The van der Waals surface area contributed by atoms with Crippen molar-refractivity contribution in [1.82, 2.24) is 24.0 Å². The first kappa shape index (κ1) is 15.7. The molecule has 0 radical (unpaired) electrons. The van der Waals surface area contributed by atoms with Gasteiger partial charge in [-0.1, -0.05) is 30.3 Å². The van der Waals surface area contributed by atoms with Crippen LogP contribution >= 0.6 is 0 Å². The maximum absolute atomic E-state index is 12.3. The van der Waals surface area contributed by atoms with E-state index >= 15 is 0 Å². The summed E-state index contributed by atoms with van der Waals surface area (Å²) in [7, 11) is 2.94. The van der Waals surface area contributed by atoms with Gasteiger partial charge in [-0.05, 0) is 5.56 Å². The van der Waals surface area contributed by atoms with Crippen LogP contribution in [0.25, 0.3) is 11.2 Å². The van der Waals surface area contributed by atoms with Crippen molar-refractivity contribution in [2.45, 2.75) is 13.1 Å². The summed E-state index contributed by atoms with van der Waals surface area (Å²) in [6, 6.07) is 9.53. The fourth-order valence-electron chi connectivity index (χ4n) is 2.52. The van der Waals surface area contributed by atoms with Crippen molar-refractivity contribution in [3.05, 3.63) is 63.1 Å². The number of benzene rings is 1. The van der Waals surface area contributed by atoms with E-state index in [0.717, 1.165) is 10.1 Å². The summed E-state index contributed by atoms with van der Waals surface area (Å²) in [5.74, 6) is -0.242. The van der Waals surface area contributed by atoms with Gasteiger partial charge in [0.1, 0.15) is 6.54 Å². The van der Waals surface area contributed by atoms with Crippen molar-refractivity contribution >= 4 is 17.1 Å². The second kappa shape index (κ2) is 6.15. The molecule has 8 nitrogen and oxygen atoms in total. The van der Waals surface area contributed by atoms with Crippen LogP contribution in [0.2, 0.25) is 0 Å². The predicted octanol–water partition coefficient (Wildman–Crippen LogP) is -0.250. The van der Waals surface area contributed by atoms with Crippen molar-refractivity contribution in [3.63, 3.8) is 0 Å². The summed E-state index contributed by atoms with van der Waals surface area (Å²) in [6.45, 7) is 0.361. The number of aromatic nitrogens is 4. The van der Waals surface area contributed by atoms with Crippen LogP contribution in [0, 0.1) is 0 Å². The number of nitrogens with one attached hydrogen (secondary N) is 1. The van der Waals surface area contributed by atoms with Gasteiger partial charge in [0, 0.05) is 20.6 Å². The molecule has 1 amide bonds. The number of rotatable bonds is 4. The Morgan fingerprint density at radius 1 is 1.12 bits per heavy atom. The largest absolute Gasteiger partial charge is 0.350 e. The zero-order valence-electron chi connectivity index (χ0n) is 13.4. The average molecular weight is 327 g/mol. The molecular formula is C16H17N5O3. The van der Waals surface area contributed by atoms with Gasteiger partial charge in [-0.25, -0.2) is 9.78 Å². The second-order valence-corrected chi connectivity index (χ2v) is 5.51. The predicted molar refractivity (Wildman–Crippen MR) is 88.5 cm³/mol. The Bertz CT molecular complexity index is 1010. The molecule has 0 unspecified atom stereocenters. The number of nitrogens with zero attached hydrogens (tertiary/aromatic N) is 4. The monoisotopic (exact) mass is 327 g/mol. The Morgan fingerprint density at radius 2 is 1.83 bits per heavy atom. The lowest BCUT2D eigenvalue weighted by Gasteiger charge is -2.08. The number of amides is 1. The van der Waals surface area contributed by atoms with Crippen molar-refractivity contribution in [2.24, 2.45) is 14.1 Å². The minimum absolute atomic E-state index is 0.0449. The fraction of sp³-hybridized carbons (Fsp3) is 0.250. The van der Waals surface area contributed by atoms with E-state index in [0.29, 0.717) is 6.54 Å². The molecule has 0 saturated heterocycles. The molecule has 0 fully saturated rings. The van der Waals surface area contributed by atoms with Crippen LogP contribution in [0.15, 0.2) is 46.2 Å². The van der Waals surface area contributed by atoms with E-state index in [2.05, 4.69) is 10.3 Å². The normalized spacial score (nSPS) is 10.9. The fourth-order valence-corrected chi connectivity index (χ4v) is 2.52. The van der Waals surface area contributed by atoms with Gasteiger partial charge in [-0.3, -0.25) is 18.7 Å². The molecular weight excluding hydrogens is 310 g/mol. The van der Waals surface area contributed by atoms with Crippen LogP contribution < -0.4 is 16.6 Å². The van der Waals surface area contributed by atoms with Crippen LogP contribution in [0.4, 0.5) is 0 Å². The number of imidazole rings is 1. The van der Waals surface area contributed by atoms with Crippen LogP contribution in [0.5, 0.6) is 0 Å². The number of fused-ring (bicyclic) bond motifs is 1. The molecule has 24 heavy (non-hydrogen) atoms. The van der Waals surface area contributed by atoms with Gasteiger partial charge >= 0.3 is 5.69 Å². The summed E-state index contributed by atoms with van der Waals surface area (Å²) in [6.07, 6.45) is 1.40. The average Bonchev–Trinajstić information content (AvgIpc) is 3.01. The molecule has 2 heterocycles. The third-order valence-electron chi connectivity index (χ3n) is 3.86. The van der Waals surface area contributed by atoms with Gasteiger partial charge in [0.05, 0.1) is 6.33 Å². The first-order valence-electron chi connectivity index (χ1n) is 7.40. The quantitative estimate of drug-likeness (QED) is 0.715. The summed E-state index contributed by atoms with van der Waals surface area (Å²) in [5.41, 5.74) is 0.556. The van der Waals surface area contributed by atoms with E-state index in [1.54, 1.807) is 0 Å². The number of hydrogen-bond acceptors (Lipinski definition) is 4.